The number of carbonyl (C=O) groups excluding carboxylic acids is 4. The number of fused-ring (bicyclic) bond motifs is 3. The Bertz CT molecular complexity index is 1520. The van der Waals surface area contributed by atoms with Gasteiger partial charge in [0.15, 0.2) is 5.69 Å². The number of pyridine rings is 1. The molecule has 2 bridgehead atoms. The first kappa shape index (κ1) is 26.9. The Labute approximate surface area is 225 Å². The quantitative estimate of drug-likeness (QED) is 0.363. The molecule has 210 valence electrons. The SMILES string of the molecule is CNC(=O)Nc1ccc2c(c1)c(C(N)=O)nn2CC(=O)N1[C@@H]2CC[C@@H](C2)[C@H]1C(=O)Nc1cccc(C(F)(F)F)n1. The summed E-state index contributed by atoms with van der Waals surface area (Å²) in [6.07, 6.45) is -2.71. The van der Waals surface area contributed by atoms with Crippen LogP contribution in [-0.2, 0) is 22.3 Å². The van der Waals surface area contributed by atoms with Crippen LogP contribution in [0.2, 0.25) is 0 Å². The summed E-state index contributed by atoms with van der Waals surface area (Å²) in [7, 11) is 1.45. The minimum Gasteiger partial charge on any atom is -0.364 e. The minimum atomic E-state index is -4.68. The van der Waals surface area contributed by atoms with Crippen molar-refractivity contribution < 1.29 is 32.3 Å². The number of benzene rings is 1. The third kappa shape index (κ3) is 5.01. The van der Waals surface area contributed by atoms with Crippen molar-refractivity contribution >= 4 is 46.2 Å². The second-order valence-corrected chi connectivity index (χ2v) is 9.67. The van der Waals surface area contributed by atoms with E-state index in [-0.39, 0.29) is 30.0 Å². The van der Waals surface area contributed by atoms with E-state index in [2.05, 4.69) is 26.0 Å². The van der Waals surface area contributed by atoms with Gasteiger partial charge >= 0.3 is 12.2 Å². The molecule has 5 N–H and O–H groups in total. The number of alkyl halides is 3. The Kier molecular flexibility index (Phi) is 6.81. The Balaban J connectivity index is 1.39. The summed E-state index contributed by atoms with van der Waals surface area (Å²) in [4.78, 5) is 55.5. The van der Waals surface area contributed by atoms with E-state index < -0.39 is 41.7 Å². The van der Waals surface area contributed by atoms with Crippen molar-refractivity contribution in [2.75, 3.05) is 17.7 Å². The van der Waals surface area contributed by atoms with Gasteiger partial charge in [0, 0.05) is 24.2 Å². The lowest BCUT2D eigenvalue weighted by molar-refractivity contribution is -0.141. The van der Waals surface area contributed by atoms with Crippen molar-refractivity contribution in [2.24, 2.45) is 11.7 Å². The van der Waals surface area contributed by atoms with E-state index in [0.29, 0.717) is 35.9 Å². The first-order valence-electron chi connectivity index (χ1n) is 12.4. The maximum absolute atomic E-state index is 13.6. The van der Waals surface area contributed by atoms with Crippen LogP contribution in [0.1, 0.15) is 35.4 Å². The lowest BCUT2D eigenvalue weighted by Gasteiger charge is -2.34. The molecule has 3 atom stereocenters. The number of rotatable bonds is 6. The summed E-state index contributed by atoms with van der Waals surface area (Å²) in [5.74, 6) is -2.33. The summed E-state index contributed by atoms with van der Waals surface area (Å²) in [5, 5.41) is 12.0. The molecule has 1 aliphatic carbocycles. The number of nitrogens with two attached hydrogens (primary N) is 1. The predicted octanol–water partition coefficient (Wildman–Crippen LogP) is 2.32. The molecule has 3 aromatic rings. The lowest BCUT2D eigenvalue weighted by Crippen LogP contribution is -2.52. The molecule has 2 aliphatic rings. The fraction of sp³-hybridized carbons (Fsp3) is 0.360. The summed E-state index contributed by atoms with van der Waals surface area (Å²) >= 11 is 0. The van der Waals surface area contributed by atoms with Crippen molar-refractivity contribution in [1.82, 2.24) is 25.0 Å². The van der Waals surface area contributed by atoms with Crippen LogP contribution in [0.4, 0.5) is 29.5 Å². The normalized spacial score (nSPS) is 20.0. The average molecular weight is 559 g/mol. The molecule has 1 saturated carbocycles. The fourth-order valence-corrected chi connectivity index (χ4v) is 5.51. The number of urea groups is 1. The van der Waals surface area contributed by atoms with Crippen LogP contribution < -0.4 is 21.7 Å². The highest BCUT2D eigenvalue weighted by Crippen LogP contribution is 2.43. The summed E-state index contributed by atoms with van der Waals surface area (Å²) in [5.41, 5.74) is 5.04. The number of halogens is 3. The van der Waals surface area contributed by atoms with Crippen LogP contribution in [-0.4, -0.2) is 62.5 Å². The Morgan fingerprint density at radius 1 is 1.10 bits per heavy atom. The van der Waals surface area contributed by atoms with Crippen LogP contribution in [0.3, 0.4) is 0 Å². The predicted molar refractivity (Wildman–Crippen MR) is 136 cm³/mol. The molecule has 2 fully saturated rings. The van der Waals surface area contributed by atoms with Crippen molar-refractivity contribution in [3.63, 3.8) is 0 Å². The van der Waals surface area contributed by atoms with E-state index in [1.54, 1.807) is 12.1 Å². The van der Waals surface area contributed by atoms with Crippen LogP contribution >= 0.6 is 0 Å². The van der Waals surface area contributed by atoms with E-state index >= 15 is 0 Å². The molecule has 0 unspecified atom stereocenters. The van der Waals surface area contributed by atoms with E-state index in [0.717, 1.165) is 12.1 Å². The highest BCUT2D eigenvalue weighted by Gasteiger charge is 2.51. The second-order valence-electron chi connectivity index (χ2n) is 9.67. The smallest absolute Gasteiger partial charge is 0.364 e. The third-order valence-electron chi connectivity index (χ3n) is 7.19. The maximum atomic E-state index is 13.6. The number of aromatic nitrogens is 3. The van der Waals surface area contributed by atoms with Crippen molar-refractivity contribution in [1.29, 1.82) is 0 Å². The van der Waals surface area contributed by atoms with E-state index in [9.17, 15) is 32.3 Å². The van der Waals surface area contributed by atoms with Gasteiger partial charge in [-0.25, -0.2) is 9.78 Å². The van der Waals surface area contributed by atoms with E-state index in [1.807, 2.05) is 0 Å². The number of carbonyl (C=O) groups is 4. The van der Waals surface area contributed by atoms with Crippen LogP contribution in [0, 0.1) is 5.92 Å². The topological polar surface area (TPSA) is 164 Å². The highest BCUT2D eigenvalue weighted by atomic mass is 19.4. The number of nitrogens with one attached hydrogen (secondary N) is 3. The monoisotopic (exact) mass is 558 g/mol. The number of hydrogen-bond donors (Lipinski definition) is 4. The molecular formula is C25H25F3N8O4. The van der Waals surface area contributed by atoms with Gasteiger partial charge in [0.2, 0.25) is 11.8 Å². The fourth-order valence-electron chi connectivity index (χ4n) is 5.51. The second kappa shape index (κ2) is 10.1. The summed E-state index contributed by atoms with van der Waals surface area (Å²) in [6, 6.07) is 6.26. The van der Waals surface area contributed by atoms with Gasteiger partial charge in [0.05, 0.1) is 5.52 Å². The van der Waals surface area contributed by atoms with Crippen LogP contribution in [0.25, 0.3) is 10.9 Å². The number of likely N-dealkylation sites (tertiary alicyclic amines) is 1. The van der Waals surface area contributed by atoms with Gasteiger partial charge in [0.1, 0.15) is 24.1 Å². The van der Waals surface area contributed by atoms with Gasteiger partial charge in [-0.2, -0.15) is 18.3 Å². The first-order valence-corrected chi connectivity index (χ1v) is 12.4. The van der Waals surface area contributed by atoms with Crippen LogP contribution in [0.15, 0.2) is 36.4 Å². The van der Waals surface area contributed by atoms with Gasteiger partial charge in [-0.05, 0) is 55.5 Å². The van der Waals surface area contributed by atoms with E-state index in [4.69, 9.17) is 5.73 Å². The molecular weight excluding hydrogens is 533 g/mol. The molecule has 1 aromatic carbocycles. The summed E-state index contributed by atoms with van der Waals surface area (Å²) in [6.45, 7) is -0.319. The minimum absolute atomic E-state index is 0.101. The van der Waals surface area contributed by atoms with Gasteiger partial charge in [-0.3, -0.25) is 19.1 Å². The van der Waals surface area contributed by atoms with Gasteiger partial charge < -0.3 is 26.6 Å². The zero-order chi connectivity index (χ0) is 28.8. The highest BCUT2D eigenvalue weighted by molar-refractivity contribution is 6.06. The van der Waals surface area contributed by atoms with Gasteiger partial charge in [-0.1, -0.05) is 6.07 Å². The number of piperidine rings is 1. The van der Waals surface area contributed by atoms with Crippen molar-refractivity contribution in [3.05, 3.63) is 47.8 Å². The van der Waals surface area contributed by atoms with Gasteiger partial charge in [0.25, 0.3) is 5.91 Å². The number of anilines is 2. The third-order valence-corrected chi connectivity index (χ3v) is 7.19. The van der Waals surface area contributed by atoms with Crippen LogP contribution in [0.5, 0.6) is 0 Å². The van der Waals surface area contributed by atoms with Crippen molar-refractivity contribution in [2.45, 2.75) is 44.1 Å². The standard InChI is InChI=1S/C25H25F3N8O4/c1-30-24(40)31-13-6-8-16-15(10-13)20(22(29)38)34-35(16)11-19(37)36-14-7-5-12(9-14)21(36)23(39)33-18-4-2-3-17(32-18)25(26,27)28/h2-4,6,8,10,12,14,21H,5,7,9,11H2,1H3,(H2,29,38)(H2,30,31,40)(H,32,33,39)/t12-,14+,21-/m0/s1. The molecule has 5 amide bonds. The Morgan fingerprint density at radius 2 is 1.88 bits per heavy atom. The Hall–Kier alpha value is -4.69. The molecule has 15 heteroatoms. The van der Waals surface area contributed by atoms with Gasteiger partial charge in [-0.15, -0.1) is 0 Å². The first-order chi connectivity index (χ1) is 19.0. The maximum Gasteiger partial charge on any atom is 0.433 e. The molecule has 40 heavy (non-hydrogen) atoms. The molecule has 5 rings (SSSR count). The number of nitrogens with zero attached hydrogens (tertiary/aromatic N) is 4. The van der Waals surface area contributed by atoms with E-state index in [1.165, 1.54) is 28.8 Å². The lowest BCUT2D eigenvalue weighted by atomic mass is 9.97. The van der Waals surface area contributed by atoms with Crippen molar-refractivity contribution in [3.8, 4) is 0 Å². The molecule has 2 aromatic heterocycles. The zero-order valence-corrected chi connectivity index (χ0v) is 21.2. The molecule has 0 spiro atoms. The molecule has 12 nitrogen and oxygen atoms in total. The number of amides is 5. The Morgan fingerprint density at radius 3 is 2.58 bits per heavy atom. The zero-order valence-electron chi connectivity index (χ0n) is 21.2. The summed E-state index contributed by atoms with van der Waals surface area (Å²) < 4.78 is 40.5. The largest absolute Gasteiger partial charge is 0.433 e. The molecule has 1 aliphatic heterocycles. The molecule has 0 radical (unpaired) electrons. The molecule has 3 heterocycles. The number of hydrogen-bond acceptors (Lipinski definition) is 6. The number of primary amides is 1. The molecule has 1 saturated heterocycles. The average Bonchev–Trinajstić information content (AvgIpc) is 3.61.